The molecular weight excluding hydrogens is 136 g/mol. The van der Waals surface area contributed by atoms with E-state index in [1.54, 1.807) is 12.3 Å². The lowest BCUT2D eigenvalue weighted by molar-refractivity contribution is 0.679. The second-order valence-electron chi connectivity index (χ2n) is 2.63. The minimum atomic E-state index is 0.786. The average molecular weight is 148 g/mol. The Balaban J connectivity index is 2.72. The molecule has 1 rings (SSSR count). The molecule has 0 fully saturated rings. The van der Waals surface area contributed by atoms with Crippen LogP contribution in [0.1, 0.15) is 12.5 Å². The minimum Gasteiger partial charge on any atom is -0.268 e. The van der Waals surface area contributed by atoms with E-state index in [2.05, 4.69) is 18.3 Å². The van der Waals surface area contributed by atoms with Gasteiger partial charge in [-0.1, -0.05) is 24.8 Å². The number of rotatable bonds is 3. The number of allylic oxidation sites excluding steroid dienone is 1. The molecule has 0 aliphatic heterocycles. The van der Waals surface area contributed by atoms with Gasteiger partial charge < -0.3 is 0 Å². The van der Waals surface area contributed by atoms with E-state index in [1.807, 2.05) is 17.8 Å². The predicted octanol–water partition coefficient (Wildman–Crippen LogP) is 2.10. The first kappa shape index (κ1) is 7.79. The van der Waals surface area contributed by atoms with E-state index in [0.717, 1.165) is 17.7 Å². The first-order valence-corrected chi connectivity index (χ1v) is 3.51. The van der Waals surface area contributed by atoms with E-state index in [1.165, 1.54) is 0 Å². The topological polar surface area (TPSA) is 17.8 Å². The number of hydrogen-bond donors (Lipinski definition) is 0. The number of hydrogen-bond acceptors (Lipinski definition) is 1. The molecule has 0 unspecified atom stereocenters. The van der Waals surface area contributed by atoms with Gasteiger partial charge in [-0.2, -0.15) is 5.10 Å². The Labute approximate surface area is 66.8 Å². The average Bonchev–Trinajstić information content (AvgIpc) is 2.34. The lowest BCUT2D eigenvalue weighted by Gasteiger charge is -1.97. The summed E-state index contributed by atoms with van der Waals surface area (Å²) < 4.78 is 1.85. The van der Waals surface area contributed by atoms with Gasteiger partial charge in [0.15, 0.2) is 0 Å². The van der Waals surface area contributed by atoms with Crippen molar-refractivity contribution in [2.24, 2.45) is 0 Å². The van der Waals surface area contributed by atoms with E-state index in [4.69, 9.17) is 0 Å². The standard InChI is InChI=1S/C9H12N2/c1-4-9-5-10-11(7-9)6-8(2)3/h4-5,7H,1-2,6H2,3H3. The van der Waals surface area contributed by atoms with Crippen LogP contribution < -0.4 is 0 Å². The largest absolute Gasteiger partial charge is 0.268 e. The fourth-order valence-electron chi connectivity index (χ4n) is 0.848. The summed E-state index contributed by atoms with van der Waals surface area (Å²) in [7, 11) is 0. The van der Waals surface area contributed by atoms with Gasteiger partial charge in [0.1, 0.15) is 0 Å². The molecule has 0 aromatic carbocycles. The van der Waals surface area contributed by atoms with Gasteiger partial charge in [-0.05, 0) is 6.92 Å². The van der Waals surface area contributed by atoms with Gasteiger partial charge in [0.25, 0.3) is 0 Å². The molecule has 2 nitrogen and oxygen atoms in total. The third-order valence-corrected chi connectivity index (χ3v) is 1.32. The second-order valence-corrected chi connectivity index (χ2v) is 2.63. The maximum absolute atomic E-state index is 4.11. The normalized spacial score (nSPS) is 9.55. The molecule has 0 bridgehead atoms. The van der Waals surface area contributed by atoms with Gasteiger partial charge in [-0.25, -0.2) is 0 Å². The molecule has 1 aromatic heterocycles. The summed E-state index contributed by atoms with van der Waals surface area (Å²) in [6.07, 6.45) is 5.51. The molecular formula is C9H12N2. The van der Waals surface area contributed by atoms with Crippen LogP contribution >= 0.6 is 0 Å². The molecule has 0 spiro atoms. The monoisotopic (exact) mass is 148 g/mol. The zero-order valence-electron chi connectivity index (χ0n) is 6.75. The zero-order chi connectivity index (χ0) is 8.27. The molecule has 0 aliphatic rings. The highest BCUT2D eigenvalue weighted by atomic mass is 15.3. The lowest BCUT2D eigenvalue weighted by atomic mass is 10.3. The number of aromatic nitrogens is 2. The van der Waals surface area contributed by atoms with Crippen molar-refractivity contribution in [2.75, 3.05) is 0 Å². The Hall–Kier alpha value is -1.31. The molecule has 11 heavy (non-hydrogen) atoms. The summed E-state index contributed by atoms with van der Waals surface area (Å²) >= 11 is 0. The summed E-state index contributed by atoms with van der Waals surface area (Å²) in [5.74, 6) is 0. The smallest absolute Gasteiger partial charge is 0.0614 e. The molecule has 0 saturated heterocycles. The van der Waals surface area contributed by atoms with Crippen LogP contribution in [0.15, 0.2) is 31.1 Å². The fourth-order valence-corrected chi connectivity index (χ4v) is 0.848. The van der Waals surface area contributed by atoms with Gasteiger partial charge in [0, 0.05) is 11.8 Å². The Morgan fingerprint density at radius 2 is 2.55 bits per heavy atom. The highest BCUT2D eigenvalue weighted by Crippen LogP contribution is 2.00. The van der Waals surface area contributed by atoms with Crippen molar-refractivity contribution < 1.29 is 0 Å². The van der Waals surface area contributed by atoms with Gasteiger partial charge in [0.05, 0.1) is 12.7 Å². The van der Waals surface area contributed by atoms with Gasteiger partial charge in [-0.3, -0.25) is 4.68 Å². The van der Waals surface area contributed by atoms with Crippen LogP contribution in [-0.2, 0) is 6.54 Å². The van der Waals surface area contributed by atoms with Crippen molar-refractivity contribution in [1.82, 2.24) is 9.78 Å². The van der Waals surface area contributed by atoms with Crippen LogP contribution in [0.3, 0.4) is 0 Å². The molecule has 2 heteroatoms. The summed E-state index contributed by atoms with van der Waals surface area (Å²) in [4.78, 5) is 0. The quantitative estimate of drug-likeness (QED) is 0.600. The maximum Gasteiger partial charge on any atom is 0.0614 e. The molecule has 0 amide bonds. The summed E-state index contributed by atoms with van der Waals surface area (Å²) in [5, 5.41) is 4.11. The number of nitrogens with zero attached hydrogens (tertiary/aromatic N) is 2. The third-order valence-electron chi connectivity index (χ3n) is 1.32. The first-order chi connectivity index (χ1) is 5.22. The van der Waals surface area contributed by atoms with Gasteiger partial charge in [0.2, 0.25) is 0 Å². The lowest BCUT2D eigenvalue weighted by Crippen LogP contribution is -1.97. The van der Waals surface area contributed by atoms with Gasteiger partial charge in [-0.15, -0.1) is 0 Å². The minimum absolute atomic E-state index is 0.786. The fraction of sp³-hybridized carbons (Fsp3) is 0.222. The van der Waals surface area contributed by atoms with Crippen LogP contribution in [0.25, 0.3) is 6.08 Å². The summed E-state index contributed by atoms with van der Waals surface area (Å²) in [5.41, 5.74) is 2.15. The van der Waals surface area contributed by atoms with E-state index >= 15 is 0 Å². The molecule has 1 aromatic rings. The van der Waals surface area contributed by atoms with Crippen LogP contribution in [0, 0.1) is 0 Å². The van der Waals surface area contributed by atoms with E-state index in [-0.39, 0.29) is 0 Å². The van der Waals surface area contributed by atoms with Crippen LogP contribution in [0.2, 0.25) is 0 Å². The van der Waals surface area contributed by atoms with Crippen molar-refractivity contribution in [1.29, 1.82) is 0 Å². The van der Waals surface area contributed by atoms with Crippen LogP contribution in [-0.4, -0.2) is 9.78 Å². The van der Waals surface area contributed by atoms with Crippen molar-refractivity contribution in [3.05, 3.63) is 36.7 Å². The molecule has 0 aliphatic carbocycles. The highest BCUT2D eigenvalue weighted by molar-refractivity contribution is 5.43. The van der Waals surface area contributed by atoms with Crippen LogP contribution in [0.5, 0.6) is 0 Å². The van der Waals surface area contributed by atoms with Crippen molar-refractivity contribution in [2.45, 2.75) is 13.5 Å². The molecule has 0 saturated carbocycles. The van der Waals surface area contributed by atoms with Crippen LogP contribution in [0.4, 0.5) is 0 Å². The molecule has 0 atom stereocenters. The Morgan fingerprint density at radius 1 is 1.82 bits per heavy atom. The van der Waals surface area contributed by atoms with Crippen molar-refractivity contribution in [3.63, 3.8) is 0 Å². The summed E-state index contributed by atoms with van der Waals surface area (Å²) in [6, 6.07) is 0. The Morgan fingerprint density at radius 3 is 3.00 bits per heavy atom. The Kier molecular flexibility index (Phi) is 2.26. The molecule has 1 heterocycles. The molecule has 58 valence electrons. The second kappa shape index (κ2) is 3.19. The first-order valence-electron chi connectivity index (χ1n) is 3.51. The third kappa shape index (κ3) is 2.08. The van der Waals surface area contributed by atoms with Crippen molar-refractivity contribution >= 4 is 6.08 Å². The maximum atomic E-state index is 4.11. The summed E-state index contributed by atoms with van der Waals surface area (Å²) in [6.45, 7) is 10.2. The Bertz CT molecular complexity index is 271. The SMILES string of the molecule is C=Cc1cnn(CC(=C)C)c1. The van der Waals surface area contributed by atoms with Gasteiger partial charge >= 0.3 is 0 Å². The molecule has 0 N–H and O–H groups in total. The molecule has 0 radical (unpaired) electrons. The van der Waals surface area contributed by atoms with E-state index < -0.39 is 0 Å². The van der Waals surface area contributed by atoms with Crippen molar-refractivity contribution in [3.8, 4) is 0 Å². The zero-order valence-corrected chi connectivity index (χ0v) is 6.75. The van der Waals surface area contributed by atoms with E-state index in [9.17, 15) is 0 Å². The van der Waals surface area contributed by atoms with E-state index in [0.29, 0.717) is 0 Å². The predicted molar refractivity (Wildman–Crippen MR) is 47.1 cm³/mol. The highest BCUT2D eigenvalue weighted by Gasteiger charge is 1.93.